The molecule has 2 rings (SSSR count). The molecule has 1 aliphatic rings. The molecule has 2 heterocycles. The van der Waals surface area contributed by atoms with E-state index in [1.54, 1.807) is 11.0 Å². The summed E-state index contributed by atoms with van der Waals surface area (Å²) in [6.07, 6.45) is 5.42. The molecule has 0 aliphatic carbocycles. The standard InChI is InChI=1S/C6H7N4/c1-5-2-6-9-7-4-10(6)8-3-5/h4-5H,2H2,1H3. The van der Waals surface area contributed by atoms with E-state index in [0.29, 0.717) is 5.92 Å². The first kappa shape index (κ1) is 5.58. The van der Waals surface area contributed by atoms with Crippen LogP contribution >= 0.6 is 0 Å². The summed E-state index contributed by atoms with van der Waals surface area (Å²) in [6, 6.07) is 0. The molecule has 0 saturated carbocycles. The Bertz CT molecular complexity index is 262. The quantitative estimate of drug-likeness (QED) is 0.509. The zero-order chi connectivity index (χ0) is 6.97. The van der Waals surface area contributed by atoms with Gasteiger partial charge in [-0.2, -0.15) is 5.10 Å². The van der Waals surface area contributed by atoms with E-state index in [4.69, 9.17) is 0 Å². The third-order valence-electron chi connectivity index (χ3n) is 1.47. The zero-order valence-electron chi connectivity index (χ0n) is 5.65. The molecule has 1 aromatic rings. The second-order valence-electron chi connectivity index (χ2n) is 2.43. The van der Waals surface area contributed by atoms with Gasteiger partial charge >= 0.3 is 0 Å². The van der Waals surface area contributed by atoms with E-state index in [2.05, 4.69) is 28.4 Å². The first-order valence-corrected chi connectivity index (χ1v) is 3.22. The van der Waals surface area contributed by atoms with E-state index < -0.39 is 0 Å². The van der Waals surface area contributed by atoms with Gasteiger partial charge in [-0.3, -0.25) is 0 Å². The Morgan fingerprint density at radius 2 is 2.70 bits per heavy atom. The fourth-order valence-corrected chi connectivity index (χ4v) is 0.952. The number of fused-ring (bicyclic) bond motifs is 1. The van der Waals surface area contributed by atoms with Crippen LogP contribution in [0.25, 0.3) is 0 Å². The molecule has 1 aliphatic heterocycles. The van der Waals surface area contributed by atoms with E-state index in [9.17, 15) is 0 Å². The Kier molecular flexibility index (Phi) is 1.06. The summed E-state index contributed by atoms with van der Waals surface area (Å²) in [6.45, 7) is 2.06. The number of aromatic nitrogens is 3. The number of hydrogen-bond acceptors (Lipinski definition) is 3. The average molecular weight is 135 g/mol. The van der Waals surface area contributed by atoms with Crippen molar-refractivity contribution in [1.82, 2.24) is 14.9 Å². The molecule has 0 aromatic carbocycles. The second-order valence-corrected chi connectivity index (χ2v) is 2.43. The van der Waals surface area contributed by atoms with Gasteiger partial charge in [0, 0.05) is 12.3 Å². The molecule has 1 radical (unpaired) electrons. The van der Waals surface area contributed by atoms with Gasteiger partial charge in [0.2, 0.25) is 0 Å². The van der Waals surface area contributed by atoms with Crippen molar-refractivity contribution in [1.29, 1.82) is 0 Å². The molecule has 0 fully saturated rings. The van der Waals surface area contributed by atoms with Gasteiger partial charge in [0.25, 0.3) is 0 Å². The lowest BCUT2D eigenvalue weighted by Gasteiger charge is -2.08. The van der Waals surface area contributed by atoms with Crippen LogP contribution in [0.15, 0.2) is 11.4 Å². The fraction of sp³-hybridized carbons (Fsp3) is 0.500. The molecule has 0 spiro atoms. The number of rotatable bonds is 0. The molecule has 1 unspecified atom stereocenters. The molecular formula is C6H7N4. The minimum absolute atomic E-state index is 0.372. The molecule has 0 bridgehead atoms. The van der Waals surface area contributed by atoms with E-state index in [1.165, 1.54) is 0 Å². The Hall–Kier alpha value is -1.19. The van der Waals surface area contributed by atoms with E-state index in [1.807, 2.05) is 0 Å². The first-order valence-electron chi connectivity index (χ1n) is 3.22. The topological polar surface area (TPSA) is 43.1 Å². The van der Waals surface area contributed by atoms with Crippen LogP contribution in [0.2, 0.25) is 0 Å². The minimum atomic E-state index is 0.372. The minimum Gasteiger partial charge on any atom is -0.204 e. The molecule has 0 amide bonds. The summed E-state index contributed by atoms with van der Waals surface area (Å²) in [5.41, 5.74) is 0. The highest BCUT2D eigenvalue weighted by molar-refractivity contribution is 5.61. The van der Waals surface area contributed by atoms with Crippen molar-refractivity contribution >= 4 is 6.21 Å². The first-order chi connectivity index (χ1) is 4.86. The van der Waals surface area contributed by atoms with Crippen LogP contribution < -0.4 is 0 Å². The van der Waals surface area contributed by atoms with Gasteiger partial charge in [-0.25, -0.2) is 4.68 Å². The summed E-state index contributed by atoms with van der Waals surface area (Å²) in [4.78, 5) is 0. The SMILES string of the molecule is CC1[C]=Nn2cnnc2C1. The summed E-state index contributed by atoms with van der Waals surface area (Å²) in [5.74, 6) is 1.29. The maximum atomic E-state index is 3.98. The van der Waals surface area contributed by atoms with Gasteiger partial charge < -0.3 is 0 Å². The van der Waals surface area contributed by atoms with Gasteiger partial charge in [0.1, 0.15) is 6.33 Å². The highest BCUT2D eigenvalue weighted by atomic mass is 15.4. The Morgan fingerprint density at radius 1 is 1.80 bits per heavy atom. The van der Waals surface area contributed by atoms with Crippen molar-refractivity contribution < 1.29 is 0 Å². The third-order valence-corrected chi connectivity index (χ3v) is 1.47. The maximum absolute atomic E-state index is 3.98. The fourth-order valence-electron chi connectivity index (χ4n) is 0.952. The van der Waals surface area contributed by atoms with Crippen molar-refractivity contribution in [3.63, 3.8) is 0 Å². The van der Waals surface area contributed by atoms with Crippen molar-refractivity contribution in [2.45, 2.75) is 13.3 Å². The van der Waals surface area contributed by atoms with Crippen LogP contribution in [0.3, 0.4) is 0 Å². The van der Waals surface area contributed by atoms with Gasteiger partial charge in [-0.1, -0.05) is 6.92 Å². The largest absolute Gasteiger partial charge is 0.204 e. The smallest absolute Gasteiger partial charge is 0.154 e. The van der Waals surface area contributed by atoms with Crippen molar-refractivity contribution in [3.05, 3.63) is 12.2 Å². The monoisotopic (exact) mass is 135 g/mol. The predicted molar refractivity (Wildman–Crippen MR) is 35.7 cm³/mol. The summed E-state index contributed by atoms with van der Waals surface area (Å²) in [7, 11) is 0. The molecule has 10 heavy (non-hydrogen) atoms. The van der Waals surface area contributed by atoms with Crippen LogP contribution in [0.4, 0.5) is 0 Å². The molecule has 0 N–H and O–H groups in total. The highest BCUT2D eigenvalue weighted by Crippen LogP contribution is 2.08. The van der Waals surface area contributed by atoms with Crippen LogP contribution in [-0.2, 0) is 6.42 Å². The highest BCUT2D eigenvalue weighted by Gasteiger charge is 2.12. The van der Waals surface area contributed by atoms with Crippen molar-refractivity contribution in [2.24, 2.45) is 11.0 Å². The van der Waals surface area contributed by atoms with E-state index in [-0.39, 0.29) is 0 Å². The summed E-state index contributed by atoms with van der Waals surface area (Å²) >= 11 is 0. The average Bonchev–Trinajstić information content (AvgIpc) is 2.33. The number of hydrogen-bond donors (Lipinski definition) is 0. The van der Waals surface area contributed by atoms with Crippen LogP contribution in [-0.4, -0.2) is 21.1 Å². The maximum Gasteiger partial charge on any atom is 0.154 e. The molecule has 1 atom stereocenters. The summed E-state index contributed by atoms with van der Waals surface area (Å²) in [5, 5.41) is 11.6. The second kappa shape index (κ2) is 1.90. The Labute approximate surface area is 58.6 Å². The Morgan fingerprint density at radius 3 is 3.60 bits per heavy atom. The van der Waals surface area contributed by atoms with Gasteiger partial charge in [0.15, 0.2) is 5.82 Å². The van der Waals surface area contributed by atoms with Crippen molar-refractivity contribution in [3.8, 4) is 0 Å². The normalized spacial score (nSPS) is 22.7. The van der Waals surface area contributed by atoms with Crippen molar-refractivity contribution in [2.75, 3.05) is 0 Å². The number of nitrogens with zero attached hydrogens (tertiary/aromatic N) is 4. The summed E-state index contributed by atoms with van der Waals surface area (Å²) < 4.78 is 1.65. The zero-order valence-corrected chi connectivity index (χ0v) is 5.65. The lowest BCUT2D eigenvalue weighted by atomic mass is 10.1. The lowest BCUT2D eigenvalue weighted by Crippen LogP contribution is -2.12. The molecule has 0 saturated heterocycles. The molecule has 4 heteroatoms. The van der Waals surface area contributed by atoms with Gasteiger partial charge in [-0.05, 0) is 0 Å². The van der Waals surface area contributed by atoms with Crippen LogP contribution in [0.5, 0.6) is 0 Å². The molecule has 1 aromatic heterocycles. The molecular weight excluding hydrogens is 128 g/mol. The van der Waals surface area contributed by atoms with Gasteiger partial charge in [-0.15, -0.1) is 10.2 Å². The molecule has 4 nitrogen and oxygen atoms in total. The van der Waals surface area contributed by atoms with Crippen LogP contribution in [0, 0.1) is 5.92 Å². The molecule has 51 valence electrons. The predicted octanol–water partition coefficient (Wildman–Crippen LogP) is 0.181. The van der Waals surface area contributed by atoms with Crippen LogP contribution in [0.1, 0.15) is 12.7 Å². The lowest BCUT2D eigenvalue weighted by molar-refractivity contribution is 0.645. The third kappa shape index (κ3) is 0.725. The Balaban J connectivity index is 2.43. The van der Waals surface area contributed by atoms with E-state index in [0.717, 1.165) is 12.2 Å². The van der Waals surface area contributed by atoms with E-state index >= 15 is 0 Å². The van der Waals surface area contributed by atoms with Gasteiger partial charge in [0.05, 0.1) is 6.21 Å².